The van der Waals surface area contributed by atoms with Gasteiger partial charge in [0.15, 0.2) is 0 Å². The summed E-state index contributed by atoms with van der Waals surface area (Å²) in [5, 5.41) is 3.22. The van der Waals surface area contributed by atoms with Crippen LogP contribution in [0.3, 0.4) is 0 Å². The second-order valence-electron chi connectivity index (χ2n) is 4.46. The van der Waals surface area contributed by atoms with E-state index in [1.807, 2.05) is 0 Å². The van der Waals surface area contributed by atoms with E-state index < -0.39 is 0 Å². The van der Waals surface area contributed by atoms with Crippen LogP contribution in [-0.4, -0.2) is 29.2 Å². The van der Waals surface area contributed by atoms with Gasteiger partial charge in [-0.3, -0.25) is 4.79 Å². The summed E-state index contributed by atoms with van der Waals surface area (Å²) in [5.41, 5.74) is -0.116. The van der Waals surface area contributed by atoms with Crippen LogP contribution in [0.2, 0.25) is 0 Å². The third kappa shape index (κ3) is 3.06. The first-order valence-electron chi connectivity index (χ1n) is 6.12. The number of hydrogen-bond acceptors (Lipinski definition) is 4. The summed E-state index contributed by atoms with van der Waals surface area (Å²) in [5.74, 6) is 1.80. The molecule has 0 radical (unpaired) electrons. The Morgan fingerprint density at radius 1 is 1.65 bits per heavy atom. The number of ether oxygens (including phenoxy) is 1. The summed E-state index contributed by atoms with van der Waals surface area (Å²) >= 11 is 0. The van der Waals surface area contributed by atoms with E-state index in [9.17, 15) is 4.79 Å². The maximum Gasteiger partial charge on any atom is 0.252 e. The molecule has 5 heteroatoms. The second-order valence-corrected chi connectivity index (χ2v) is 4.46. The highest BCUT2D eigenvalue weighted by atomic mass is 16.5. The lowest BCUT2D eigenvalue weighted by molar-refractivity contribution is 0.0900. The monoisotopic (exact) mass is 237 g/mol. The molecule has 2 atom stereocenters. The van der Waals surface area contributed by atoms with Crippen molar-refractivity contribution in [1.82, 2.24) is 9.97 Å². The summed E-state index contributed by atoms with van der Waals surface area (Å²) in [6, 6.07) is 1.49. The Morgan fingerprint density at radius 2 is 2.47 bits per heavy atom. The summed E-state index contributed by atoms with van der Waals surface area (Å²) in [4.78, 5) is 18.1. The van der Waals surface area contributed by atoms with E-state index in [1.165, 1.54) is 6.07 Å². The molecule has 1 aromatic heterocycles. The summed E-state index contributed by atoms with van der Waals surface area (Å²) < 4.78 is 5.62. The first-order valence-corrected chi connectivity index (χ1v) is 6.12. The van der Waals surface area contributed by atoms with Gasteiger partial charge < -0.3 is 15.0 Å². The Hall–Kier alpha value is -1.36. The zero-order chi connectivity index (χ0) is 12.3. The molecule has 94 valence electrons. The molecule has 0 amide bonds. The molecule has 17 heavy (non-hydrogen) atoms. The van der Waals surface area contributed by atoms with Crippen molar-refractivity contribution >= 4 is 5.82 Å². The number of aromatic amines is 1. The molecule has 2 unspecified atom stereocenters. The van der Waals surface area contributed by atoms with Gasteiger partial charge in [-0.25, -0.2) is 4.98 Å². The minimum absolute atomic E-state index is 0.116. The lowest BCUT2D eigenvalue weighted by Gasteiger charge is -2.17. The van der Waals surface area contributed by atoms with Crippen LogP contribution in [0.5, 0.6) is 0 Å². The van der Waals surface area contributed by atoms with Crippen molar-refractivity contribution < 1.29 is 4.74 Å². The molecule has 1 aromatic rings. The molecule has 0 aromatic carbocycles. The van der Waals surface area contributed by atoms with Gasteiger partial charge in [0.05, 0.1) is 6.10 Å². The van der Waals surface area contributed by atoms with Crippen molar-refractivity contribution in [3.63, 3.8) is 0 Å². The van der Waals surface area contributed by atoms with E-state index in [4.69, 9.17) is 4.74 Å². The van der Waals surface area contributed by atoms with Crippen molar-refractivity contribution in [2.24, 2.45) is 5.92 Å². The van der Waals surface area contributed by atoms with Gasteiger partial charge in [0.25, 0.3) is 5.56 Å². The predicted octanol–water partition coefficient (Wildman–Crippen LogP) is 1.31. The molecular formula is C12H19N3O2. The van der Waals surface area contributed by atoms with Crippen LogP contribution in [0, 0.1) is 12.8 Å². The largest absolute Gasteiger partial charge is 0.378 e. The van der Waals surface area contributed by atoms with Gasteiger partial charge in [0.2, 0.25) is 0 Å². The zero-order valence-electron chi connectivity index (χ0n) is 10.3. The highest BCUT2D eigenvalue weighted by Crippen LogP contribution is 2.23. The van der Waals surface area contributed by atoms with E-state index in [1.54, 1.807) is 6.92 Å². The first-order chi connectivity index (χ1) is 8.19. The third-order valence-corrected chi connectivity index (χ3v) is 3.15. The maximum absolute atomic E-state index is 11.3. The van der Waals surface area contributed by atoms with Gasteiger partial charge in [-0.1, -0.05) is 6.92 Å². The Kier molecular flexibility index (Phi) is 3.78. The molecule has 0 saturated carbocycles. The molecular weight excluding hydrogens is 218 g/mol. The van der Waals surface area contributed by atoms with E-state index in [0.717, 1.165) is 26.0 Å². The highest BCUT2D eigenvalue weighted by Gasteiger charge is 2.26. The Bertz CT molecular complexity index is 430. The average molecular weight is 237 g/mol. The fraction of sp³-hybridized carbons (Fsp3) is 0.667. The summed E-state index contributed by atoms with van der Waals surface area (Å²) in [7, 11) is 0. The third-order valence-electron chi connectivity index (χ3n) is 3.15. The van der Waals surface area contributed by atoms with Gasteiger partial charge in [-0.15, -0.1) is 0 Å². The topological polar surface area (TPSA) is 67.0 Å². The maximum atomic E-state index is 11.3. The molecule has 2 heterocycles. The molecule has 0 bridgehead atoms. The van der Waals surface area contributed by atoms with Crippen LogP contribution in [-0.2, 0) is 4.74 Å². The fourth-order valence-electron chi connectivity index (χ4n) is 2.28. The molecule has 2 rings (SSSR count). The second kappa shape index (κ2) is 5.31. The highest BCUT2D eigenvalue weighted by molar-refractivity contribution is 5.32. The summed E-state index contributed by atoms with van der Waals surface area (Å²) in [6.07, 6.45) is 2.45. The number of nitrogens with one attached hydrogen (secondary N) is 2. The van der Waals surface area contributed by atoms with Crippen molar-refractivity contribution in [2.45, 2.75) is 32.8 Å². The molecule has 1 fully saturated rings. The Balaban J connectivity index is 1.95. The molecule has 0 spiro atoms. The standard InChI is InChI=1S/C12H19N3O2/c1-3-10-9(4-5-17-10)7-13-11-6-12(16)15-8(2)14-11/h6,9-10H,3-5,7H2,1-2H3,(H2,13,14,15,16). The number of hydrogen-bond donors (Lipinski definition) is 2. The lowest BCUT2D eigenvalue weighted by Crippen LogP contribution is -2.24. The molecule has 1 saturated heterocycles. The number of H-pyrrole nitrogens is 1. The van der Waals surface area contributed by atoms with Gasteiger partial charge in [0, 0.05) is 25.1 Å². The molecule has 1 aliphatic rings. The van der Waals surface area contributed by atoms with Crippen LogP contribution in [0.25, 0.3) is 0 Å². The Labute approximate surface area is 101 Å². The van der Waals surface area contributed by atoms with E-state index in [0.29, 0.717) is 23.7 Å². The van der Waals surface area contributed by atoms with Crippen molar-refractivity contribution in [3.05, 3.63) is 22.2 Å². The van der Waals surface area contributed by atoms with Crippen LogP contribution in [0.1, 0.15) is 25.6 Å². The fourth-order valence-corrected chi connectivity index (χ4v) is 2.28. The minimum atomic E-state index is -0.116. The number of aromatic nitrogens is 2. The zero-order valence-corrected chi connectivity index (χ0v) is 10.3. The van der Waals surface area contributed by atoms with Crippen molar-refractivity contribution in [1.29, 1.82) is 0 Å². The normalized spacial score (nSPS) is 23.9. The van der Waals surface area contributed by atoms with Gasteiger partial charge in [-0.05, 0) is 19.8 Å². The van der Waals surface area contributed by atoms with Gasteiger partial charge in [-0.2, -0.15) is 0 Å². The van der Waals surface area contributed by atoms with Crippen LogP contribution in [0.4, 0.5) is 5.82 Å². The van der Waals surface area contributed by atoms with Gasteiger partial charge in [0.1, 0.15) is 11.6 Å². The number of nitrogens with zero attached hydrogens (tertiary/aromatic N) is 1. The van der Waals surface area contributed by atoms with Crippen LogP contribution < -0.4 is 10.9 Å². The molecule has 1 aliphatic heterocycles. The number of rotatable bonds is 4. The van der Waals surface area contributed by atoms with Crippen molar-refractivity contribution in [3.8, 4) is 0 Å². The molecule has 0 aliphatic carbocycles. The van der Waals surface area contributed by atoms with E-state index in [2.05, 4.69) is 22.2 Å². The SMILES string of the molecule is CCC1OCCC1CNc1cc(=O)[nH]c(C)n1. The lowest BCUT2D eigenvalue weighted by atomic mass is 10.00. The Morgan fingerprint density at radius 3 is 3.18 bits per heavy atom. The van der Waals surface area contributed by atoms with Crippen LogP contribution >= 0.6 is 0 Å². The quantitative estimate of drug-likeness (QED) is 0.828. The first kappa shape index (κ1) is 12.1. The average Bonchev–Trinajstić information content (AvgIpc) is 2.72. The van der Waals surface area contributed by atoms with E-state index in [-0.39, 0.29) is 5.56 Å². The minimum Gasteiger partial charge on any atom is -0.378 e. The molecule has 2 N–H and O–H groups in total. The van der Waals surface area contributed by atoms with Crippen LogP contribution in [0.15, 0.2) is 10.9 Å². The van der Waals surface area contributed by atoms with Crippen molar-refractivity contribution in [2.75, 3.05) is 18.5 Å². The smallest absolute Gasteiger partial charge is 0.252 e. The molecule has 5 nitrogen and oxygen atoms in total. The number of aryl methyl sites for hydroxylation is 1. The number of anilines is 1. The van der Waals surface area contributed by atoms with Gasteiger partial charge >= 0.3 is 0 Å². The predicted molar refractivity (Wildman–Crippen MR) is 66.2 cm³/mol. The van der Waals surface area contributed by atoms with E-state index >= 15 is 0 Å². The summed E-state index contributed by atoms with van der Waals surface area (Å²) in [6.45, 7) is 5.57.